The van der Waals surface area contributed by atoms with Crippen LogP contribution in [0.25, 0.3) is 0 Å². The number of allylic oxidation sites excluding steroid dienone is 7. The smallest absolute Gasteiger partial charge is 0.0172 e. The van der Waals surface area contributed by atoms with Gasteiger partial charge in [-0.2, -0.15) is 0 Å². The third-order valence-corrected chi connectivity index (χ3v) is 2.34. The molecule has 0 saturated carbocycles. The van der Waals surface area contributed by atoms with E-state index in [1.54, 1.807) is 0 Å². The molecule has 0 aromatic heterocycles. The maximum Gasteiger partial charge on any atom is -0.0172 e. The van der Waals surface area contributed by atoms with Gasteiger partial charge in [0.05, 0.1) is 0 Å². The summed E-state index contributed by atoms with van der Waals surface area (Å²) in [6.45, 7) is 8.12. The Morgan fingerprint density at radius 3 is 2.44 bits per heavy atom. The van der Waals surface area contributed by atoms with Gasteiger partial charge in [0.2, 0.25) is 0 Å². The molecule has 1 atom stereocenters. The van der Waals surface area contributed by atoms with E-state index in [1.807, 2.05) is 6.08 Å². The van der Waals surface area contributed by atoms with Crippen LogP contribution in [0.2, 0.25) is 0 Å². The van der Waals surface area contributed by atoms with Crippen molar-refractivity contribution in [2.75, 3.05) is 0 Å². The first kappa shape index (κ1) is 15.0. The zero-order valence-electron chi connectivity index (χ0n) is 10.9. The molecule has 0 nitrogen and oxygen atoms in total. The van der Waals surface area contributed by atoms with Crippen molar-refractivity contribution in [3.63, 3.8) is 0 Å². The van der Waals surface area contributed by atoms with Crippen molar-refractivity contribution in [3.8, 4) is 0 Å². The first-order chi connectivity index (χ1) is 7.81. The van der Waals surface area contributed by atoms with Crippen LogP contribution in [-0.2, 0) is 0 Å². The molecule has 0 aliphatic carbocycles. The Morgan fingerprint density at radius 1 is 1.00 bits per heavy atom. The summed E-state index contributed by atoms with van der Waals surface area (Å²) in [5, 5.41) is 0. The van der Waals surface area contributed by atoms with E-state index in [4.69, 9.17) is 0 Å². The Kier molecular flexibility index (Phi) is 11.2. The van der Waals surface area contributed by atoms with Gasteiger partial charge in [-0.25, -0.2) is 0 Å². The van der Waals surface area contributed by atoms with Crippen molar-refractivity contribution in [2.24, 2.45) is 5.92 Å². The third kappa shape index (κ3) is 11.0. The fourth-order valence-electron chi connectivity index (χ4n) is 1.39. The van der Waals surface area contributed by atoms with Crippen LogP contribution in [0.15, 0.2) is 49.1 Å². The second-order valence-corrected chi connectivity index (χ2v) is 4.09. The van der Waals surface area contributed by atoms with E-state index in [0.717, 1.165) is 25.7 Å². The lowest BCUT2D eigenvalue weighted by atomic mass is 10.1. The minimum Gasteiger partial charge on any atom is -0.103 e. The number of hydrogen-bond donors (Lipinski definition) is 0. The zero-order chi connectivity index (χ0) is 12.1. The SMILES string of the molecule is C=CCC=CCC(C)C=CCCC=CCC. The highest BCUT2D eigenvalue weighted by atomic mass is 14.0. The Balaban J connectivity index is 3.53. The van der Waals surface area contributed by atoms with Crippen LogP contribution in [0.3, 0.4) is 0 Å². The highest BCUT2D eigenvalue weighted by Crippen LogP contribution is 2.06. The fraction of sp³-hybridized carbons (Fsp3) is 0.500. The normalized spacial score (nSPS) is 14.1. The molecule has 0 spiro atoms. The minimum atomic E-state index is 0.649. The number of rotatable bonds is 9. The predicted octanol–water partition coefficient (Wildman–Crippen LogP) is 5.45. The maximum absolute atomic E-state index is 3.69. The molecule has 16 heavy (non-hydrogen) atoms. The van der Waals surface area contributed by atoms with Crippen LogP contribution in [0.5, 0.6) is 0 Å². The van der Waals surface area contributed by atoms with E-state index in [-0.39, 0.29) is 0 Å². The summed E-state index contributed by atoms with van der Waals surface area (Å²) in [6, 6.07) is 0. The summed E-state index contributed by atoms with van der Waals surface area (Å²) in [4.78, 5) is 0. The molecule has 0 radical (unpaired) electrons. The summed E-state index contributed by atoms with van der Waals surface area (Å²) in [6.07, 6.45) is 21.1. The predicted molar refractivity (Wildman–Crippen MR) is 75.5 cm³/mol. The van der Waals surface area contributed by atoms with Crippen molar-refractivity contribution in [1.29, 1.82) is 0 Å². The van der Waals surface area contributed by atoms with Gasteiger partial charge < -0.3 is 0 Å². The van der Waals surface area contributed by atoms with E-state index in [9.17, 15) is 0 Å². The standard InChI is InChI=1S/C16H26/c1-4-6-8-10-11-13-15-16(3)14-12-9-7-5-2/h5-6,8-9,12-13,15-16H,2,4,7,10-11,14H2,1,3H3. The Morgan fingerprint density at radius 2 is 1.75 bits per heavy atom. The van der Waals surface area contributed by atoms with Gasteiger partial charge in [-0.1, -0.05) is 56.4 Å². The molecule has 90 valence electrons. The molecule has 0 fully saturated rings. The highest BCUT2D eigenvalue weighted by Gasteiger charge is 1.91. The molecule has 0 aromatic carbocycles. The van der Waals surface area contributed by atoms with Gasteiger partial charge in [0.1, 0.15) is 0 Å². The lowest BCUT2D eigenvalue weighted by Gasteiger charge is -2.00. The van der Waals surface area contributed by atoms with E-state index < -0.39 is 0 Å². The lowest BCUT2D eigenvalue weighted by Crippen LogP contribution is -1.85. The van der Waals surface area contributed by atoms with Crippen molar-refractivity contribution < 1.29 is 0 Å². The summed E-state index contributed by atoms with van der Waals surface area (Å²) in [5.41, 5.74) is 0. The van der Waals surface area contributed by atoms with Gasteiger partial charge in [0.25, 0.3) is 0 Å². The van der Waals surface area contributed by atoms with Gasteiger partial charge in [0, 0.05) is 0 Å². The van der Waals surface area contributed by atoms with Gasteiger partial charge in [-0.05, 0) is 38.0 Å². The molecule has 0 heterocycles. The molecule has 0 aromatic rings. The van der Waals surface area contributed by atoms with Crippen molar-refractivity contribution in [1.82, 2.24) is 0 Å². The number of unbranched alkanes of at least 4 members (excludes halogenated alkanes) is 1. The van der Waals surface area contributed by atoms with Gasteiger partial charge in [-0.15, -0.1) is 6.58 Å². The van der Waals surface area contributed by atoms with E-state index in [2.05, 4.69) is 56.9 Å². The van der Waals surface area contributed by atoms with Crippen molar-refractivity contribution in [2.45, 2.75) is 46.0 Å². The molecule has 0 heteroatoms. The monoisotopic (exact) mass is 218 g/mol. The summed E-state index contributed by atoms with van der Waals surface area (Å²) in [5.74, 6) is 0.649. The van der Waals surface area contributed by atoms with E-state index in [1.165, 1.54) is 6.42 Å². The van der Waals surface area contributed by atoms with Gasteiger partial charge in [0.15, 0.2) is 0 Å². The van der Waals surface area contributed by atoms with Gasteiger partial charge in [-0.3, -0.25) is 0 Å². The summed E-state index contributed by atoms with van der Waals surface area (Å²) < 4.78 is 0. The Labute approximate surface area is 101 Å². The van der Waals surface area contributed by atoms with Crippen molar-refractivity contribution >= 4 is 0 Å². The lowest BCUT2D eigenvalue weighted by molar-refractivity contribution is 0.738. The van der Waals surface area contributed by atoms with Crippen molar-refractivity contribution in [3.05, 3.63) is 49.1 Å². The molecule has 0 amide bonds. The topological polar surface area (TPSA) is 0 Å². The molecule has 0 aliphatic heterocycles. The Hall–Kier alpha value is -1.04. The molecule has 0 rings (SSSR count). The van der Waals surface area contributed by atoms with E-state index in [0.29, 0.717) is 5.92 Å². The van der Waals surface area contributed by atoms with Crippen LogP contribution in [0.4, 0.5) is 0 Å². The summed E-state index contributed by atoms with van der Waals surface area (Å²) in [7, 11) is 0. The largest absolute Gasteiger partial charge is 0.103 e. The maximum atomic E-state index is 3.69. The third-order valence-electron chi connectivity index (χ3n) is 2.34. The molecular weight excluding hydrogens is 192 g/mol. The van der Waals surface area contributed by atoms with Crippen LogP contribution >= 0.6 is 0 Å². The fourth-order valence-corrected chi connectivity index (χ4v) is 1.39. The first-order valence-corrected chi connectivity index (χ1v) is 6.38. The first-order valence-electron chi connectivity index (χ1n) is 6.38. The average Bonchev–Trinajstić information content (AvgIpc) is 2.29. The van der Waals surface area contributed by atoms with Crippen LogP contribution < -0.4 is 0 Å². The molecule has 0 aliphatic rings. The zero-order valence-corrected chi connectivity index (χ0v) is 10.9. The molecule has 1 unspecified atom stereocenters. The average molecular weight is 218 g/mol. The highest BCUT2D eigenvalue weighted by molar-refractivity contribution is 4.95. The summed E-state index contributed by atoms with van der Waals surface area (Å²) >= 11 is 0. The van der Waals surface area contributed by atoms with E-state index >= 15 is 0 Å². The minimum absolute atomic E-state index is 0.649. The second kappa shape index (κ2) is 12.0. The molecule has 0 N–H and O–H groups in total. The van der Waals surface area contributed by atoms with Crippen LogP contribution in [0.1, 0.15) is 46.0 Å². The quantitative estimate of drug-likeness (QED) is 0.357. The van der Waals surface area contributed by atoms with Crippen LogP contribution in [-0.4, -0.2) is 0 Å². The van der Waals surface area contributed by atoms with Crippen LogP contribution in [0, 0.1) is 5.92 Å². The number of hydrogen-bond acceptors (Lipinski definition) is 0. The second-order valence-electron chi connectivity index (χ2n) is 4.09. The molecular formula is C16H26. The Bertz CT molecular complexity index is 230. The van der Waals surface area contributed by atoms with Gasteiger partial charge >= 0.3 is 0 Å². The molecule has 0 saturated heterocycles. The molecule has 0 bridgehead atoms.